The number of carbonyl (C=O) groups is 2. The first-order valence-corrected chi connectivity index (χ1v) is 5.90. The number of carbonyl (C=O) groups excluding carboxylic acids is 1. The van der Waals surface area contributed by atoms with Gasteiger partial charge in [-0.15, -0.1) is 0 Å². The fourth-order valence-corrected chi connectivity index (χ4v) is 2.34. The number of aromatic amines is 1. The number of anilines is 1. The summed E-state index contributed by atoms with van der Waals surface area (Å²) in [6.45, 7) is 0. The molecule has 0 spiro atoms. The van der Waals surface area contributed by atoms with Crippen LogP contribution in [0.2, 0.25) is 0 Å². The van der Waals surface area contributed by atoms with Crippen molar-refractivity contribution >= 4 is 39.5 Å². The minimum atomic E-state index is -1.13. The molecule has 1 heterocycles. The molecular weight excluding hydrogens is 258 g/mol. The third-order valence-electron chi connectivity index (χ3n) is 3.15. The molecule has 0 fully saturated rings. The van der Waals surface area contributed by atoms with Crippen molar-refractivity contribution in [1.29, 1.82) is 0 Å². The van der Waals surface area contributed by atoms with Gasteiger partial charge in [-0.05, 0) is 18.2 Å². The smallest absolute Gasteiger partial charge is 0.409 e. The van der Waals surface area contributed by atoms with Gasteiger partial charge in [0.25, 0.3) is 5.91 Å². The van der Waals surface area contributed by atoms with Crippen molar-refractivity contribution in [2.75, 3.05) is 5.32 Å². The zero-order valence-corrected chi connectivity index (χ0v) is 10.3. The van der Waals surface area contributed by atoms with Crippen LogP contribution in [-0.4, -0.2) is 22.1 Å². The Morgan fingerprint density at radius 2 is 1.95 bits per heavy atom. The van der Waals surface area contributed by atoms with Gasteiger partial charge in [-0.1, -0.05) is 18.2 Å². The Labute approximate surface area is 113 Å². The van der Waals surface area contributed by atoms with E-state index in [1.54, 1.807) is 30.3 Å². The number of aromatic nitrogens is 1. The van der Waals surface area contributed by atoms with Gasteiger partial charge in [0.15, 0.2) is 0 Å². The molecule has 0 saturated carbocycles. The molecule has 20 heavy (non-hydrogen) atoms. The number of nitrogens with one attached hydrogen (secondary N) is 2. The molecule has 0 atom stereocenters. The SMILES string of the molecule is NC(=O)c1cccc2c1[nH]c1cc(NC(=O)O)ccc12. The van der Waals surface area contributed by atoms with E-state index >= 15 is 0 Å². The van der Waals surface area contributed by atoms with Gasteiger partial charge >= 0.3 is 6.09 Å². The molecule has 3 rings (SSSR count). The highest BCUT2D eigenvalue weighted by molar-refractivity contribution is 6.15. The van der Waals surface area contributed by atoms with Gasteiger partial charge in [0.05, 0.1) is 11.1 Å². The van der Waals surface area contributed by atoms with E-state index in [0.717, 1.165) is 16.3 Å². The summed E-state index contributed by atoms with van der Waals surface area (Å²) in [7, 11) is 0. The highest BCUT2D eigenvalue weighted by atomic mass is 16.4. The zero-order chi connectivity index (χ0) is 14.3. The number of hydrogen-bond donors (Lipinski definition) is 4. The number of carboxylic acid groups (broad SMARTS) is 1. The molecule has 0 aliphatic carbocycles. The molecule has 6 heteroatoms. The van der Waals surface area contributed by atoms with Crippen LogP contribution >= 0.6 is 0 Å². The van der Waals surface area contributed by atoms with Crippen molar-refractivity contribution in [2.45, 2.75) is 0 Å². The molecule has 5 N–H and O–H groups in total. The summed E-state index contributed by atoms with van der Waals surface area (Å²) in [4.78, 5) is 25.2. The van der Waals surface area contributed by atoms with Gasteiger partial charge in [-0.2, -0.15) is 0 Å². The quantitative estimate of drug-likeness (QED) is 0.574. The summed E-state index contributed by atoms with van der Waals surface area (Å²) in [6.07, 6.45) is -1.13. The van der Waals surface area contributed by atoms with Crippen molar-refractivity contribution in [1.82, 2.24) is 4.98 Å². The fourth-order valence-electron chi connectivity index (χ4n) is 2.34. The second-order valence-electron chi connectivity index (χ2n) is 4.41. The molecule has 1 aromatic heterocycles. The number of para-hydroxylation sites is 1. The first kappa shape index (κ1) is 12.0. The Morgan fingerprint density at radius 3 is 2.65 bits per heavy atom. The third-order valence-corrected chi connectivity index (χ3v) is 3.15. The number of amides is 2. The summed E-state index contributed by atoms with van der Waals surface area (Å²) >= 11 is 0. The van der Waals surface area contributed by atoms with E-state index in [1.165, 1.54) is 0 Å². The lowest BCUT2D eigenvalue weighted by Crippen LogP contribution is -2.11. The first-order chi connectivity index (χ1) is 9.56. The largest absolute Gasteiger partial charge is 0.465 e. The highest BCUT2D eigenvalue weighted by Gasteiger charge is 2.11. The summed E-state index contributed by atoms with van der Waals surface area (Å²) in [5.41, 5.74) is 7.60. The van der Waals surface area contributed by atoms with E-state index in [1.807, 2.05) is 6.07 Å². The average Bonchev–Trinajstić information content (AvgIpc) is 2.74. The van der Waals surface area contributed by atoms with Crippen LogP contribution in [0.3, 0.4) is 0 Å². The van der Waals surface area contributed by atoms with Gasteiger partial charge < -0.3 is 15.8 Å². The number of primary amides is 1. The Hall–Kier alpha value is -3.02. The predicted molar refractivity (Wildman–Crippen MR) is 76.0 cm³/mol. The van der Waals surface area contributed by atoms with Crippen molar-refractivity contribution < 1.29 is 14.7 Å². The third kappa shape index (κ3) is 1.83. The predicted octanol–water partition coefficient (Wildman–Crippen LogP) is 2.51. The highest BCUT2D eigenvalue weighted by Crippen LogP contribution is 2.29. The van der Waals surface area contributed by atoms with Crippen molar-refractivity contribution in [2.24, 2.45) is 5.73 Å². The zero-order valence-electron chi connectivity index (χ0n) is 10.3. The fraction of sp³-hybridized carbons (Fsp3) is 0. The maximum Gasteiger partial charge on any atom is 0.409 e. The molecular formula is C14H11N3O3. The first-order valence-electron chi connectivity index (χ1n) is 5.90. The summed E-state index contributed by atoms with van der Waals surface area (Å²) in [5, 5.41) is 12.8. The molecule has 100 valence electrons. The lowest BCUT2D eigenvalue weighted by atomic mass is 10.1. The van der Waals surface area contributed by atoms with Gasteiger partial charge in [0.1, 0.15) is 0 Å². The number of rotatable bonds is 2. The maximum absolute atomic E-state index is 11.4. The van der Waals surface area contributed by atoms with Crippen LogP contribution in [0.4, 0.5) is 10.5 Å². The van der Waals surface area contributed by atoms with Crippen molar-refractivity contribution in [3.8, 4) is 0 Å². The van der Waals surface area contributed by atoms with Gasteiger partial charge in [0, 0.05) is 22.0 Å². The summed E-state index contributed by atoms with van der Waals surface area (Å²) < 4.78 is 0. The van der Waals surface area contributed by atoms with E-state index < -0.39 is 12.0 Å². The molecule has 0 aliphatic rings. The number of H-pyrrole nitrogens is 1. The maximum atomic E-state index is 11.4. The van der Waals surface area contributed by atoms with E-state index in [-0.39, 0.29) is 0 Å². The van der Waals surface area contributed by atoms with Gasteiger partial charge in [-0.25, -0.2) is 4.79 Å². The standard InChI is InChI=1S/C14H11N3O3/c15-13(18)10-3-1-2-9-8-5-4-7(16-14(19)20)6-11(8)17-12(9)10/h1-6,16-17H,(H2,15,18)(H,19,20). The molecule has 2 aromatic carbocycles. The number of hydrogen-bond acceptors (Lipinski definition) is 2. The molecule has 2 amide bonds. The van der Waals surface area contributed by atoms with Crippen LogP contribution in [-0.2, 0) is 0 Å². The topological polar surface area (TPSA) is 108 Å². The molecule has 3 aromatic rings. The molecule has 6 nitrogen and oxygen atoms in total. The number of nitrogens with two attached hydrogens (primary N) is 1. The monoisotopic (exact) mass is 269 g/mol. The molecule has 0 unspecified atom stereocenters. The molecule has 0 saturated heterocycles. The van der Waals surface area contributed by atoms with E-state index in [4.69, 9.17) is 10.8 Å². The Morgan fingerprint density at radius 1 is 1.15 bits per heavy atom. The van der Waals surface area contributed by atoms with Crippen LogP contribution in [0.15, 0.2) is 36.4 Å². The number of fused-ring (bicyclic) bond motifs is 3. The number of benzene rings is 2. The average molecular weight is 269 g/mol. The normalized spacial score (nSPS) is 10.8. The molecule has 0 radical (unpaired) electrons. The van der Waals surface area contributed by atoms with Crippen LogP contribution in [0.5, 0.6) is 0 Å². The lowest BCUT2D eigenvalue weighted by Gasteiger charge is -1.99. The Balaban J connectivity index is 2.27. The minimum Gasteiger partial charge on any atom is -0.465 e. The minimum absolute atomic E-state index is 0.409. The Bertz CT molecular complexity index is 851. The van der Waals surface area contributed by atoms with Crippen LogP contribution < -0.4 is 11.1 Å². The molecule has 0 bridgehead atoms. The van der Waals surface area contributed by atoms with E-state index in [0.29, 0.717) is 16.8 Å². The Kier molecular flexibility index (Phi) is 2.57. The second-order valence-corrected chi connectivity index (χ2v) is 4.41. The van der Waals surface area contributed by atoms with Crippen LogP contribution in [0.1, 0.15) is 10.4 Å². The summed E-state index contributed by atoms with van der Waals surface area (Å²) in [5.74, 6) is -0.508. The lowest BCUT2D eigenvalue weighted by molar-refractivity contribution is 0.100. The molecule has 0 aliphatic heterocycles. The summed E-state index contributed by atoms with van der Waals surface area (Å²) in [6, 6.07) is 10.4. The van der Waals surface area contributed by atoms with E-state index in [2.05, 4.69) is 10.3 Å². The van der Waals surface area contributed by atoms with Crippen LogP contribution in [0, 0.1) is 0 Å². The van der Waals surface area contributed by atoms with Gasteiger partial charge in [0.2, 0.25) is 0 Å². The van der Waals surface area contributed by atoms with Gasteiger partial charge in [-0.3, -0.25) is 10.1 Å². The van der Waals surface area contributed by atoms with Crippen molar-refractivity contribution in [3.63, 3.8) is 0 Å². The van der Waals surface area contributed by atoms with E-state index in [9.17, 15) is 9.59 Å². The van der Waals surface area contributed by atoms with Crippen LogP contribution in [0.25, 0.3) is 21.8 Å². The van der Waals surface area contributed by atoms with Crippen molar-refractivity contribution in [3.05, 3.63) is 42.0 Å². The second kappa shape index (κ2) is 4.27.